The quantitative estimate of drug-likeness (QED) is 0.166. The average molecular weight is 803 g/mol. The number of nitrogens with zero attached hydrogens (tertiary/aromatic N) is 2. The second-order valence-electron chi connectivity index (χ2n) is 17.9. The zero-order valence-corrected chi connectivity index (χ0v) is 34.8. The van der Waals surface area contributed by atoms with E-state index in [1.807, 2.05) is 18.5 Å². The summed E-state index contributed by atoms with van der Waals surface area (Å²) in [5.41, 5.74) is 17.6. The van der Waals surface area contributed by atoms with Gasteiger partial charge in [-0.25, -0.2) is 0 Å². The van der Waals surface area contributed by atoms with E-state index in [0.717, 1.165) is 49.8 Å². The molecule has 3 nitrogen and oxygen atoms in total. The summed E-state index contributed by atoms with van der Waals surface area (Å²) in [6.45, 7) is 4.78. The van der Waals surface area contributed by atoms with Crippen LogP contribution < -0.4 is 0 Å². The van der Waals surface area contributed by atoms with Crippen LogP contribution in [0.5, 0.6) is 0 Å². The maximum absolute atomic E-state index is 6.68. The van der Waals surface area contributed by atoms with Crippen molar-refractivity contribution < 1.29 is 4.42 Å². The lowest BCUT2D eigenvalue weighted by atomic mass is 9.80. The van der Waals surface area contributed by atoms with Crippen molar-refractivity contribution in [3.8, 4) is 50.2 Å². The third kappa shape index (κ3) is 4.77. The van der Waals surface area contributed by atoms with E-state index in [4.69, 9.17) is 4.42 Å². The minimum absolute atomic E-state index is 0.127. The molecule has 0 fully saturated rings. The van der Waals surface area contributed by atoms with Gasteiger partial charge in [0.05, 0.1) is 16.7 Å². The fourth-order valence-corrected chi connectivity index (χ4v) is 11.3. The lowest BCUT2D eigenvalue weighted by molar-refractivity contribution is 0.661. The molecule has 0 unspecified atom stereocenters. The van der Waals surface area contributed by atoms with Gasteiger partial charge in [-0.1, -0.05) is 141 Å². The number of pyridine rings is 1. The molecule has 1 aliphatic rings. The van der Waals surface area contributed by atoms with Crippen LogP contribution >= 0.6 is 0 Å². The smallest absolute Gasteiger partial charge is 0.143 e. The van der Waals surface area contributed by atoms with Crippen LogP contribution in [-0.4, -0.2) is 9.55 Å². The number of para-hydroxylation sites is 2. The zero-order valence-electron chi connectivity index (χ0n) is 34.8. The highest BCUT2D eigenvalue weighted by atomic mass is 16.3. The second kappa shape index (κ2) is 12.5. The number of aromatic nitrogens is 2. The van der Waals surface area contributed by atoms with E-state index in [-0.39, 0.29) is 5.41 Å². The number of rotatable bonds is 4. The van der Waals surface area contributed by atoms with Crippen molar-refractivity contribution in [3.63, 3.8) is 0 Å². The molecule has 10 aromatic carbocycles. The molecule has 0 radical (unpaired) electrons. The molecule has 0 bridgehead atoms. The summed E-state index contributed by atoms with van der Waals surface area (Å²) in [5.74, 6) is 0. The molecular formula is C60H38N2O. The van der Waals surface area contributed by atoms with E-state index in [1.54, 1.807) is 0 Å². The van der Waals surface area contributed by atoms with E-state index in [2.05, 4.69) is 199 Å². The molecule has 0 atom stereocenters. The standard InChI is InChI=1S/C60H38N2O/c1-60(2)50-20-5-3-17-45(50)57-46-25-22-35-11-7-14-40-32-54(49(33-51(57)60)58(46)56(35)40)62-52-21-6-4-16-43(52)47-30-37(23-26-53(47)62)38-24-27-55-48(31-38)44-19-9-18-42(59(44)63-55)39-13-8-12-36(29-39)41-15-10-28-61-34-41/h3-34H,1-2H3. The molecule has 1 aliphatic carbocycles. The molecule has 0 amide bonds. The van der Waals surface area contributed by atoms with Crippen molar-refractivity contribution >= 4 is 76.1 Å². The summed E-state index contributed by atoms with van der Waals surface area (Å²) in [5, 5.41) is 12.6. The van der Waals surface area contributed by atoms with Crippen LogP contribution in [0, 0.1) is 0 Å². The molecule has 0 aliphatic heterocycles. The summed E-state index contributed by atoms with van der Waals surface area (Å²) < 4.78 is 9.20. The first kappa shape index (κ1) is 34.7. The zero-order chi connectivity index (χ0) is 41.6. The molecule has 3 heteroatoms. The van der Waals surface area contributed by atoms with Crippen LogP contribution in [0.15, 0.2) is 199 Å². The molecule has 3 aromatic heterocycles. The van der Waals surface area contributed by atoms with Gasteiger partial charge in [-0.2, -0.15) is 0 Å². The molecule has 14 rings (SSSR count). The minimum atomic E-state index is -0.127. The maximum Gasteiger partial charge on any atom is 0.143 e. The summed E-state index contributed by atoms with van der Waals surface area (Å²) in [4.78, 5) is 4.35. The SMILES string of the molecule is CC1(C)c2ccccc2-c2c1cc1c(-n3c4ccccc4c4cc(-c5ccc6oc7c(-c8cccc(-c9cccnc9)c8)cccc7c6c5)ccc43)cc3cccc4ccc2c1c43. The molecule has 0 saturated carbocycles. The highest BCUT2D eigenvalue weighted by molar-refractivity contribution is 6.29. The van der Waals surface area contributed by atoms with E-state index in [9.17, 15) is 0 Å². The first-order valence-electron chi connectivity index (χ1n) is 21.8. The topological polar surface area (TPSA) is 31.0 Å². The van der Waals surface area contributed by atoms with Gasteiger partial charge in [-0.3, -0.25) is 4.98 Å². The van der Waals surface area contributed by atoms with Gasteiger partial charge in [-0.15, -0.1) is 0 Å². The molecule has 0 N–H and O–H groups in total. The van der Waals surface area contributed by atoms with Gasteiger partial charge in [-0.05, 0) is 121 Å². The Bertz CT molecular complexity index is 4050. The van der Waals surface area contributed by atoms with Crippen LogP contribution in [0.1, 0.15) is 25.0 Å². The van der Waals surface area contributed by atoms with Crippen LogP contribution in [-0.2, 0) is 5.41 Å². The summed E-state index contributed by atoms with van der Waals surface area (Å²) in [6.07, 6.45) is 3.72. The monoisotopic (exact) mass is 802 g/mol. The van der Waals surface area contributed by atoms with Crippen LogP contribution in [0.25, 0.3) is 126 Å². The Morgan fingerprint density at radius 1 is 0.444 bits per heavy atom. The summed E-state index contributed by atoms with van der Waals surface area (Å²) in [6, 6.07) is 67.2. The van der Waals surface area contributed by atoms with Crippen molar-refractivity contribution in [2.45, 2.75) is 19.3 Å². The Morgan fingerprint density at radius 2 is 1.17 bits per heavy atom. The van der Waals surface area contributed by atoms with E-state index < -0.39 is 0 Å². The number of furan rings is 1. The average Bonchev–Trinajstić information content (AvgIpc) is 3.95. The van der Waals surface area contributed by atoms with Crippen molar-refractivity contribution in [3.05, 3.63) is 206 Å². The van der Waals surface area contributed by atoms with Crippen LogP contribution in [0.2, 0.25) is 0 Å². The van der Waals surface area contributed by atoms with Gasteiger partial charge >= 0.3 is 0 Å². The Hall–Kier alpha value is -8.01. The highest BCUT2D eigenvalue weighted by Crippen LogP contribution is 2.54. The summed E-state index contributed by atoms with van der Waals surface area (Å²) in [7, 11) is 0. The highest BCUT2D eigenvalue weighted by Gasteiger charge is 2.37. The summed E-state index contributed by atoms with van der Waals surface area (Å²) >= 11 is 0. The predicted molar refractivity (Wildman–Crippen MR) is 263 cm³/mol. The molecule has 0 saturated heterocycles. The lowest BCUT2D eigenvalue weighted by Crippen LogP contribution is -2.15. The first-order valence-corrected chi connectivity index (χ1v) is 21.8. The van der Waals surface area contributed by atoms with Crippen LogP contribution in [0.4, 0.5) is 0 Å². The third-order valence-electron chi connectivity index (χ3n) is 14.2. The van der Waals surface area contributed by atoms with E-state index in [1.165, 1.54) is 87.6 Å². The van der Waals surface area contributed by atoms with Crippen molar-refractivity contribution in [2.75, 3.05) is 0 Å². The maximum atomic E-state index is 6.68. The Morgan fingerprint density at radius 3 is 2.10 bits per heavy atom. The third-order valence-corrected chi connectivity index (χ3v) is 14.2. The second-order valence-corrected chi connectivity index (χ2v) is 17.9. The normalized spacial score (nSPS) is 13.4. The van der Waals surface area contributed by atoms with Crippen molar-refractivity contribution in [2.24, 2.45) is 0 Å². The van der Waals surface area contributed by atoms with Crippen molar-refractivity contribution in [1.29, 1.82) is 0 Å². The van der Waals surface area contributed by atoms with Crippen LogP contribution in [0.3, 0.4) is 0 Å². The number of hydrogen-bond donors (Lipinski definition) is 0. The number of benzene rings is 10. The molecular weight excluding hydrogens is 765 g/mol. The molecule has 63 heavy (non-hydrogen) atoms. The Labute approximate surface area is 363 Å². The molecule has 3 heterocycles. The fraction of sp³-hybridized carbons (Fsp3) is 0.0500. The molecule has 0 spiro atoms. The van der Waals surface area contributed by atoms with Gasteiger partial charge in [0, 0.05) is 61.3 Å². The van der Waals surface area contributed by atoms with Gasteiger partial charge in [0.25, 0.3) is 0 Å². The predicted octanol–water partition coefficient (Wildman–Crippen LogP) is 16.3. The lowest BCUT2D eigenvalue weighted by Gasteiger charge is -2.24. The number of fused-ring (bicyclic) bond motifs is 10. The Balaban J connectivity index is 0.958. The first-order chi connectivity index (χ1) is 31.0. The largest absolute Gasteiger partial charge is 0.455 e. The van der Waals surface area contributed by atoms with Gasteiger partial charge < -0.3 is 8.98 Å². The minimum Gasteiger partial charge on any atom is -0.455 e. The fourth-order valence-electron chi connectivity index (χ4n) is 11.3. The Kier molecular flexibility index (Phi) is 6.90. The van der Waals surface area contributed by atoms with E-state index in [0.29, 0.717) is 0 Å². The van der Waals surface area contributed by atoms with Gasteiger partial charge in [0.2, 0.25) is 0 Å². The molecule has 294 valence electrons. The molecule has 13 aromatic rings. The van der Waals surface area contributed by atoms with Crippen molar-refractivity contribution in [1.82, 2.24) is 9.55 Å². The van der Waals surface area contributed by atoms with E-state index >= 15 is 0 Å². The van der Waals surface area contributed by atoms with Gasteiger partial charge in [0.1, 0.15) is 11.2 Å². The van der Waals surface area contributed by atoms with Gasteiger partial charge in [0.15, 0.2) is 0 Å². The number of hydrogen-bond acceptors (Lipinski definition) is 2.